The lowest BCUT2D eigenvalue weighted by molar-refractivity contribution is -0.118. The Morgan fingerprint density at radius 3 is 2.53 bits per heavy atom. The number of hydrogen-bond donors (Lipinski definition) is 1. The Labute approximate surface area is 90.5 Å². The normalized spacial score (nSPS) is 13.5. The van der Waals surface area contributed by atoms with Gasteiger partial charge in [0.15, 0.2) is 0 Å². The molecule has 1 aromatic carbocycles. The summed E-state index contributed by atoms with van der Waals surface area (Å²) in [4.78, 5) is 11.6. The fraction of sp³-hybridized carbons (Fsp3) is 0.308. The van der Waals surface area contributed by atoms with Gasteiger partial charge in [-0.05, 0) is 31.4 Å². The first-order valence-corrected chi connectivity index (χ1v) is 4.96. The lowest BCUT2D eigenvalue weighted by atomic mass is 9.95. The van der Waals surface area contributed by atoms with Gasteiger partial charge < -0.3 is 5.73 Å². The van der Waals surface area contributed by atoms with Gasteiger partial charge in [0.05, 0.1) is 5.54 Å². The van der Waals surface area contributed by atoms with Crippen LogP contribution in [0.2, 0.25) is 0 Å². The summed E-state index contributed by atoms with van der Waals surface area (Å²) in [5.41, 5.74) is 5.77. The third-order valence-corrected chi connectivity index (χ3v) is 2.35. The third kappa shape index (κ3) is 3.23. The minimum atomic E-state index is -0.832. The Bertz CT molecular complexity index is 396. The maximum absolute atomic E-state index is 11.6. The van der Waals surface area contributed by atoms with Crippen LogP contribution in [0.25, 0.3) is 0 Å². The summed E-state index contributed by atoms with van der Waals surface area (Å²) in [5.74, 6) is 5.17. The van der Waals surface area contributed by atoms with Crippen LogP contribution in [-0.4, -0.2) is 11.3 Å². The van der Waals surface area contributed by atoms with Crippen molar-refractivity contribution in [3.8, 4) is 11.8 Å². The van der Waals surface area contributed by atoms with Crippen LogP contribution >= 0.6 is 0 Å². The minimum Gasteiger partial charge on any atom is -0.318 e. The number of carbonyl (C=O) groups is 1. The van der Waals surface area contributed by atoms with Gasteiger partial charge in [-0.25, -0.2) is 0 Å². The Balaban J connectivity index is 2.80. The first-order valence-electron chi connectivity index (χ1n) is 4.96. The maximum atomic E-state index is 11.6. The van der Waals surface area contributed by atoms with Gasteiger partial charge in [-0.15, -0.1) is 0 Å². The van der Waals surface area contributed by atoms with E-state index in [0.29, 0.717) is 6.42 Å². The molecule has 0 bridgehead atoms. The van der Waals surface area contributed by atoms with Gasteiger partial charge in [0.25, 0.3) is 0 Å². The molecule has 1 aromatic rings. The van der Waals surface area contributed by atoms with Crippen LogP contribution in [0.3, 0.4) is 0 Å². The highest BCUT2D eigenvalue weighted by atomic mass is 16.1. The molecule has 2 nitrogen and oxygen atoms in total. The van der Waals surface area contributed by atoms with E-state index in [1.54, 1.807) is 6.92 Å². The molecule has 1 unspecified atom stereocenters. The number of carbonyl (C=O) groups excluding carboxylic acids is 1. The van der Waals surface area contributed by atoms with E-state index in [0.717, 1.165) is 5.56 Å². The summed E-state index contributed by atoms with van der Waals surface area (Å²) in [6.07, 6.45) is 0.593. The van der Waals surface area contributed by atoms with Crippen LogP contribution in [0.1, 0.15) is 25.8 Å². The zero-order valence-electron chi connectivity index (χ0n) is 9.08. The second-order valence-electron chi connectivity index (χ2n) is 3.72. The number of rotatable bonds is 2. The van der Waals surface area contributed by atoms with E-state index in [2.05, 4.69) is 11.8 Å². The Morgan fingerprint density at radius 2 is 2.00 bits per heavy atom. The van der Waals surface area contributed by atoms with Gasteiger partial charge in [-0.2, -0.15) is 0 Å². The van der Waals surface area contributed by atoms with E-state index in [1.807, 2.05) is 37.3 Å². The zero-order chi connectivity index (χ0) is 11.3. The largest absolute Gasteiger partial charge is 0.318 e. The third-order valence-electron chi connectivity index (χ3n) is 2.35. The Hall–Kier alpha value is -1.59. The summed E-state index contributed by atoms with van der Waals surface area (Å²) in [5, 5.41) is 0. The predicted octanol–water partition coefficient (Wildman–Crippen LogP) is 1.73. The molecule has 0 fully saturated rings. The molecule has 1 atom stereocenters. The van der Waals surface area contributed by atoms with Crippen molar-refractivity contribution in [1.82, 2.24) is 0 Å². The van der Waals surface area contributed by atoms with Crippen molar-refractivity contribution in [1.29, 1.82) is 0 Å². The monoisotopic (exact) mass is 201 g/mol. The lowest BCUT2D eigenvalue weighted by Crippen LogP contribution is -2.43. The van der Waals surface area contributed by atoms with Gasteiger partial charge in [0.1, 0.15) is 0 Å². The van der Waals surface area contributed by atoms with Crippen molar-refractivity contribution >= 4 is 5.78 Å². The fourth-order valence-electron chi connectivity index (χ4n) is 0.954. The topological polar surface area (TPSA) is 43.1 Å². The second kappa shape index (κ2) is 4.77. The molecule has 0 radical (unpaired) electrons. The van der Waals surface area contributed by atoms with Gasteiger partial charge in [-0.3, -0.25) is 4.79 Å². The number of ketones is 1. The SMILES string of the molecule is CCC(C)(N)C(=O)C#Cc1ccccc1. The second-order valence-corrected chi connectivity index (χ2v) is 3.72. The Kier molecular flexibility index (Phi) is 3.65. The van der Waals surface area contributed by atoms with Crippen LogP contribution < -0.4 is 5.73 Å². The minimum absolute atomic E-state index is 0.214. The zero-order valence-corrected chi connectivity index (χ0v) is 9.08. The molecule has 0 aromatic heterocycles. The lowest BCUT2D eigenvalue weighted by Gasteiger charge is -2.16. The van der Waals surface area contributed by atoms with Crippen LogP contribution in [0.5, 0.6) is 0 Å². The fourth-order valence-corrected chi connectivity index (χ4v) is 0.954. The molecule has 1 rings (SSSR count). The molecule has 78 valence electrons. The summed E-state index contributed by atoms with van der Waals surface area (Å²) in [7, 11) is 0. The van der Waals surface area contributed by atoms with Crippen LogP contribution in [0.15, 0.2) is 30.3 Å². The molecular weight excluding hydrogens is 186 g/mol. The van der Waals surface area contributed by atoms with Crippen molar-refractivity contribution in [3.63, 3.8) is 0 Å². The predicted molar refractivity (Wildman–Crippen MR) is 61.2 cm³/mol. The van der Waals surface area contributed by atoms with E-state index < -0.39 is 5.54 Å². The molecule has 0 heterocycles. The summed E-state index contributed by atoms with van der Waals surface area (Å²) in [6.45, 7) is 3.58. The molecule has 15 heavy (non-hydrogen) atoms. The van der Waals surface area contributed by atoms with Crippen molar-refractivity contribution in [3.05, 3.63) is 35.9 Å². The average Bonchev–Trinajstić information content (AvgIpc) is 2.27. The molecule has 0 aliphatic rings. The molecule has 2 N–H and O–H groups in total. The summed E-state index contributed by atoms with van der Waals surface area (Å²) in [6, 6.07) is 9.40. The molecule has 0 amide bonds. The first kappa shape index (κ1) is 11.5. The van der Waals surface area contributed by atoms with Gasteiger partial charge in [-0.1, -0.05) is 31.0 Å². The van der Waals surface area contributed by atoms with Crippen LogP contribution in [0, 0.1) is 11.8 Å². The van der Waals surface area contributed by atoms with Crippen molar-refractivity contribution in [2.24, 2.45) is 5.73 Å². The summed E-state index contributed by atoms with van der Waals surface area (Å²) >= 11 is 0. The van der Waals surface area contributed by atoms with Gasteiger partial charge in [0, 0.05) is 5.56 Å². The standard InChI is InChI=1S/C13H15NO/c1-3-13(2,14)12(15)10-9-11-7-5-4-6-8-11/h4-8H,3,14H2,1-2H3. The number of Topliss-reactive ketones (excluding diaryl/α,β-unsaturated/α-hetero) is 1. The molecular formula is C13H15NO. The quantitative estimate of drug-likeness (QED) is 0.740. The smallest absolute Gasteiger partial charge is 0.225 e. The molecule has 0 aliphatic carbocycles. The molecule has 0 aliphatic heterocycles. The average molecular weight is 201 g/mol. The van der Waals surface area contributed by atoms with E-state index in [1.165, 1.54) is 0 Å². The number of hydrogen-bond acceptors (Lipinski definition) is 2. The molecule has 0 saturated carbocycles. The van der Waals surface area contributed by atoms with Gasteiger partial charge in [0.2, 0.25) is 5.78 Å². The van der Waals surface area contributed by atoms with Gasteiger partial charge >= 0.3 is 0 Å². The molecule has 0 spiro atoms. The number of benzene rings is 1. The van der Waals surface area contributed by atoms with Crippen molar-refractivity contribution in [2.75, 3.05) is 0 Å². The number of nitrogens with two attached hydrogens (primary N) is 1. The summed E-state index contributed by atoms with van der Waals surface area (Å²) < 4.78 is 0. The van der Waals surface area contributed by atoms with Crippen molar-refractivity contribution < 1.29 is 4.79 Å². The highest BCUT2D eigenvalue weighted by Gasteiger charge is 2.23. The molecule has 2 heteroatoms. The van der Waals surface area contributed by atoms with E-state index in [9.17, 15) is 4.79 Å². The Morgan fingerprint density at radius 1 is 1.40 bits per heavy atom. The van der Waals surface area contributed by atoms with E-state index in [-0.39, 0.29) is 5.78 Å². The maximum Gasteiger partial charge on any atom is 0.225 e. The van der Waals surface area contributed by atoms with E-state index >= 15 is 0 Å². The highest BCUT2D eigenvalue weighted by molar-refractivity contribution is 6.02. The molecule has 0 saturated heterocycles. The highest BCUT2D eigenvalue weighted by Crippen LogP contribution is 2.05. The van der Waals surface area contributed by atoms with Crippen molar-refractivity contribution in [2.45, 2.75) is 25.8 Å². The van der Waals surface area contributed by atoms with E-state index in [4.69, 9.17) is 5.73 Å². The van der Waals surface area contributed by atoms with Crippen LogP contribution in [0.4, 0.5) is 0 Å². The van der Waals surface area contributed by atoms with Crippen LogP contribution in [-0.2, 0) is 4.79 Å². The first-order chi connectivity index (χ1) is 7.06.